The van der Waals surface area contributed by atoms with E-state index in [2.05, 4.69) is 5.32 Å². The Morgan fingerprint density at radius 1 is 1.20 bits per heavy atom. The maximum Gasteiger partial charge on any atom is 0.260 e. The zero-order chi connectivity index (χ0) is 18.2. The van der Waals surface area contributed by atoms with Gasteiger partial charge in [-0.25, -0.2) is 0 Å². The topological polar surface area (TPSA) is 38.3 Å². The number of carbonyl (C=O) groups is 1. The fourth-order valence-corrected chi connectivity index (χ4v) is 3.20. The predicted octanol–water partition coefficient (Wildman–Crippen LogP) is 4.77. The van der Waals surface area contributed by atoms with Crippen molar-refractivity contribution in [3.63, 3.8) is 0 Å². The van der Waals surface area contributed by atoms with Crippen LogP contribution in [0.2, 0.25) is 5.02 Å². The SMILES string of the molecule is Cc1cccc(O[C@H](C)C(=O)NCCSCc2ccc(Cl)cc2)c1C. The normalized spacial score (nSPS) is 11.8. The van der Waals surface area contributed by atoms with Crippen LogP contribution in [0.5, 0.6) is 5.75 Å². The molecular formula is C20H24ClNO2S. The number of thioether (sulfide) groups is 1. The Hall–Kier alpha value is -1.65. The van der Waals surface area contributed by atoms with Gasteiger partial charge in [-0.15, -0.1) is 0 Å². The summed E-state index contributed by atoms with van der Waals surface area (Å²) in [5, 5.41) is 3.68. The molecule has 1 atom stereocenters. The summed E-state index contributed by atoms with van der Waals surface area (Å²) in [5.74, 6) is 2.43. The molecule has 1 amide bonds. The van der Waals surface area contributed by atoms with E-state index in [1.807, 2.05) is 56.3 Å². The molecule has 0 unspecified atom stereocenters. The first-order valence-corrected chi connectivity index (χ1v) is 9.83. The van der Waals surface area contributed by atoms with Gasteiger partial charge >= 0.3 is 0 Å². The number of benzene rings is 2. The molecular weight excluding hydrogens is 354 g/mol. The lowest BCUT2D eigenvalue weighted by Gasteiger charge is -2.17. The first-order chi connectivity index (χ1) is 12.0. The quantitative estimate of drug-likeness (QED) is 0.673. The van der Waals surface area contributed by atoms with Crippen LogP contribution in [-0.2, 0) is 10.5 Å². The summed E-state index contributed by atoms with van der Waals surface area (Å²) in [6.07, 6.45) is -0.512. The minimum absolute atomic E-state index is 0.0898. The van der Waals surface area contributed by atoms with Crippen molar-refractivity contribution in [2.24, 2.45) is 0 Å². The fourth-order valence-electron chi connectivity index (χ4n) is 2.26. The molecule has 0 radical (unpaired) electrons. The van der Waals surface area contributed by atoms with Crippen LogP contribution in [0.25, 0.3) is 0 Å². The second-order valence-electron chi connectivity index (χ2n) is 5.93. The van der Waals surface area contributed by atoms with Crippen LogP contribution in [0.4, 0.5) is 0 Å². The maximum absolute atomic E-state index is 12.2. The van der Waals surface area contributed by atoms with E-state index in [0.29, 0.717) is 6.54 Å². The second kappa shape index (κ2) is 9.73. The Kier molecular flexibility index (Phi) is 7.66. The van der Waals surface area contributed by atoms with E-state index in [4.69, 9.17) is 16.3 Å². The summed E-state index contributed by atoms with van der Waals surface area (Å²) < 4.78 is 5.79. The number of rotatable bonds is 8. The van der Waals surface area contributed by atoms with E-state index >= 15 is 0 Å². The van der Waals surface area contributed by atoms with Crippen molar-refractivity contribution in [3.05, 3.63) is 64.2 Å². The Balaban J connectivity index is 1.69. The van der Waals surface area contributed by atoms with Crippen LogP contribution in [0.1, 0.15) is 23.6 Å². The van der Waals surface area contributed by atoms with E-state index in [1.54, 1.807) is 18.7 Å². The minimum atomic E-state index is -0.512. The van der Waals surface area contributed by atoms with Gasteiger partial charge in [0.05, 0.1) is 0 Å². The number of nitrogens with one attached hydrogen (secondary N) is 1. The summed E-state index contributed by atoms with van der Waals surface area (Å²) in [4.78, 5) is 12.2. The van der Waals surface area contributed by atoms with E-state index in [1.165, 1.54) is 5.56 Å². The van der Waals surface area contributed by atoms with Crippen LogP contribution in [-0.4, -0.2) is 24.3 Å². The fraction of sp³-hybridized carbons (Fsp3) is 0.350. The summed E-state index contributed by atoms with van der Waals surface area (Å²) in [5.41, 5.74) is 3.46. The molecule has 2 aromatic rings. The monoisotopic (exact) mass is 377 g/mol. The largest absolute Gasteiger partial charge is 0.481 e. The van der Waals surface area contributed by atoms with Crippen molar-refractivity contribution in [2.45, 2.75) is 32.6 Å². The standard InChI is InChI=1S/C20H24ClNO2S/c1-14-5-4-6-19(15(14)2)24-16(3)20(23)22-11-12-25-13-17-7-9-18(21)10-8-17/h4-10,16H,11-13H2,1-3H3,(H,22,23)/t16-/m1/s1. The van der Waals surface area contributed by atoms with Crippen molar-refractivity contribution in [3.8, 4) is 5.75 Å². The molecule has 0 spiro atoms. The molecule has 0 bridgehead atoms. The number of amides is 1. The zero-order valence-corrected chi connectivity index (χ0v) is 16.4. The van der Waals surface area contributed by atoms with E-state index in [0.717, 1.165) is 33.4 Å². The third-order valence-corrected chi connectivity index (χ3v) is 5.24. The molecule has 0 aromatic heterocycles. The van der Waals surface area contributed by atoms with Gasteiger partial charge in [0.1, 0.15) is 5.75 Å². The number of hydrogen-bond donors (Lipinski definition) is 1. The van der Waals surface area contributed by atoms with Crippen LogP contribution >= 0.6 is 23.4 Å². The molecule has 5 heteroatoms. The molecule has 2 aromatic carbocycles. The first-order valence-electron chi connectivity index (χ1n) is 8.30. The molecule has 25 heavy (non-hydrogen) atoms. The average Bonchev–Trinajstić information content (AvgIpc) is 2.60. The van der Waals surface area contributed by atoms with Gasteiger partial charge in [0.2, 0.25) is 0 Å². The summed E-state index contributed by atoms with van der Waals surface area (Å²) in [6.45, 7) is 6.43. The molecule has 0 heterocycles. The molecule has 134 valence electrons. The molecule has 0 aliphatic rings. The van der Waals surface area contributed by atoms with Crippen molar-refractivity contribution in [1.82, 2.24) is 5.32 Å². The number of halogens is 1. The number of ether oxygens (including phenoxy) is 1. The van der Waals surface area contributed by atoms with Gasteiger partial charge in [-0.05, 0) is 55.7 Å². The minimum Gasteiger partial charge on any atom is -0.481 e. The second-order valence-corrected chi connectivity index (χ2v) is 7.47. The van der Waals surface area contributed by atoms with Crippen molar-refractivity contribution in [2.75, 3.05) is 12.3 Å². The molecule has 3 nitrogen and oxygen atoms in total. The zero-order valence-electron chi connectivity index (χ0n) is 14.8. The third kappa shape index (κ3) is 6.29. The van der Waals surface area contributed by atoms with Gasteiger partial charge in [-0.1, -0.05) is 35.9 Å². The third-order valence-electron chi connectivity index (χ3n) is 3.96. The predicted molar refractivity (Wildman–Crippen MR) is 107 cm³/mol. The van der Waals surface area contributed by atoms with Crippen LogP contribution in [0.15, 0.2) is 42.5 Å². The number of hydrogen-bond acceptors (Lipinski definition) is 3. The highest BCUT2D eigenvalue weighted by atomic mass is 35.5. The lowest BCUT2D eigenvalue weighted by atomic mass is 10.1. The van der Waals surface area contributed by atoms with E-state index in [9.17, 15) is 4.79 Å². The van der Waals surface area contributed by atoms with Crippen LogP contribution < -0.4 is 10.1 Å². The number of carbonyl (C=O) groups excluding carboxylic acids is 1. The number of aryl methyl sites for hydroxylation is 1. The first kappa shape index (κ1) is 19.7. The van der Waals surface area contributed by atoms with Crippen molar-refractivity contribution < 1.29 is 9.53 Å². The van der Waals surface area contributed by atoms with Crippen LogP contribution in [0.3, 0.4) is 0 Å². The molecule has 0 aliphatic heterocycles. The van der Waals surface area contributed by atoms with Gasteiger partial charge in [-0.3, -0.25) is 4.79 Å². The summed E-state index contributed by atoms with van der Waals surface area (Å²) in [7, 11) is 0. The van der Waals surface area contributed by atoms with Crippen molar-refractivity contribution in [1.29, 1.82) is 0 Å². The van der Waals surface area contributed by atoms with Gasteiger partial charge in [0.25, 0.3) is 5.91 Å². The van der Waals surface area contributed by atoms with Gasteiger partial charge in [-0.2, -0.15) is 11.8 Å². The maximum atomic E-state index is 12.2. The smallest absolute Gasteiger partial charge is 0.260 e. The van der Waals surface area contributed by atoms with Gasteiger partial charge in [0.15, 0.2) is 6.10 Å². The lowest BCUT2D eigenvalue weighted by Crippen LogP contribution is -2.37. The average molecular weight is 378 g/mol. The van der Waals surface area contributed by atoms with Crippen LogP contribution in [0, 0.1) is 13.8 Å². The van der Waals surface area contributed by atoms with Gasteiger partial charge in [0, 0.05) is 23.1 Å². The molecule has 0 saturated heterocycles. The van der Waals surface area contributed by atoms with E-state index in [-0.39, 0.29) is 5.91 Å². The molecule has 2 rings (SSSR count). The molecule has 0 aliphatic carbocycles. The molecule has 0 saturated carbocycles. The van der Waals surface area contributed by atoms with E-state index < -0.39 is 6.10 Å². The highest BCUT2D eigenvalue weighted by molar-refractivity contribution is 7.98. The highest BCUT2D eigenvalue weighted by Gasteiger charge is 2.15. The van der Waals surface area contributed by atoms with Crippen molar-refractivity contribution >= 4 is 29.3 Å². The van der Waals surface area contributed by atoms with Gasteiger partial charge < -0.3 is 10.1 Å². The highest BCUT2D eigenvalue weighted by Crippen LogP contribution is 2.21. The lowest BCUT2D eigenvalue weighted by molar-refractivity contribution is -0.127. The Labute approximate surface area is 159 Å². The molecule has 1 N–H and O–H groups in total. The summed E-state index contributed by atoms with van der Waals surface area (Å²) in [6, 6.07) is 13.7. The Morgan fingerprint density at radius 2 is 1.92 bits per heavy atom. The Morgan fingerprint density at radius 3 is 2.64 bits per heavy atom. The Bertz CT molecular complexity index is 703. The molecule has 0 fully saturated rings. The summed E-state index contributed by atoms with van der Waals surface area (Å²) >= 11 is 7.65.